The van der Waals surface area contributed by atoms with Gasteiger partial charge in [-0.15, -0.1) is 0 Å². The van der Waals surface area contributed by atoms with E-state index < -0.39 is 5.91 Å². The van der Waals surface area contributed by atoms with E-state index >= 15 is 0 Å². The van der Waals surface area contributed by atoms with E-state index in [1.807, 2.05) is 18.4 Å². The zero-order valence-corrected chi connectivity index (χ0v) is 14.8. The molecule has 0 saturated heterocycles. The first-order valence-electron chi connectivity index (χ1n) is 7.14. The normalized spacial score (nSPS) is 10.5. The fraction of sp³-hybridized carbons (Fsp3) is 0.0556. The smallest absolute Gasteiger partial charge is 0.267 e. The maximum absolute atomic E-state index is 12.2. The molecule has 2 aromatic rings. The van der Waals surface area contributed by atoms with Crippen LogP contribution in [0.5, 0.6) is 0 Å². The highest BCUT2D eigenvalue weighted by Gasteiger charge is 2.10. The molecule has 0 aromatic heterocycles. The van der Waals surface area contributed by atoms with Crippen LogP contribution in [0.25, 0.3) is 0 Å². The van der Waals surface area contributed by atoms with Gasteiger partial charge in [-0.25, -0.2) is 0 Å². The quantitative estimate of drug-likeness (QED) is 0.346. The van der Waals surface area contributed by atoms with E-state index in [1.54, 1.807) is 42.5 Å². The van der Waals surface area contributed by atoms with Gasteiger partial charge in [0.15, 0.2) is 0 Å². The fourth-order valence-corrected chi connectivity index (χ4v) is 2.40. The van der Waals surface area contributed by atoms with Crippen LogP contribution in [0, 0.1) is 28.9 Å². The molecule has 5 nitrogen and oxygen atoms in total. The largest absolute Gasteiger partial charge is 0.360 e. The van der Waals surface area contributed by atoms with Gasteiger partial charge < -0.3 is 10.6 Å². The van der Waals surface area contributed by atoms with Crippen molar-refractivity contribution in [3.8, 4) is 11.5 Å². The second-order valence-electron chi connectivity index (χ2n) is 4.95. The molecule has 7 heteroatoms. The number of nitrogens with zero attached hydrogens (tertiary/aromatic N) is 2. The molecule has 0 unspecified atom stereocenters. The van der Waals surface area contributed by atoms with Gasteiger partial charge in [0.2, 0.25) is 0 Å². The number of amides is 1. The van der Waals surface area contributed by atoms with Gasteiger partial charge in [-0.05, 0) is 60.6 Å². The topological polar surface area (TPSA) is 88.7 Å². The van der Waals surface area contributed by atoms with Crippen LogP contribution in [0.2, 0.25) is 5.02 Å². The Labute approximate surface area is 154 Å². The summed E-state index contributed by atoms with van der Waals surface area (Å²) in [5.74, 6) is -0.536. The summed E-state index contributed by atoms with van der Waals surface area (Å²) in [4.78, 5) is 13.0. The van der Waals surface area contributed by atoms with Crippen molar-refractivity contribution in [1.29, 1.82) is 10.5 Å². The number of halogens is 1. The zero-order chi connectivity index (χ0) is 18.2. The Morgan fingerprint density at radius 2 is 1.84 bits per heavy atom. The molecule has 0 atom stereocenters. The summed E-state index contributed by atoms with van der Waals surface area (Å²) in [7, 11) is 0. The summed E-state index contributed by atoms with van der Waals surface area (Å²) in [6.45, 7) is 1.86. The van der Waals surface area contributed by atoms with E-state index in [4.69, 9.17) is 16.9 Å². The average Bonchev–Trinajstić information content (AvgIpc) is 2.60. The number of anilines is 2. The van der Waals surface area contributed by atoms with Crippen LogP contribution in [0.15, 0.2) is 59.1 Å². The lowest BCUT2D eigenvalue weighted by Gasteiger charge is -2.07. The van der Waals surface area contributed by atoms with Gasteiger partial charge in [0.25, 0.3) is 5.91 Å². The highest BCUT2D eigenvalue weighted by molar-refractivity contribution is 8.03. The SMILES string of the molecule is Cc1ccc(NC(=O)/C(C#N)=C\Nc2ccc(SC#N)cc2)cc1Cl. The molecule has 25 heavy (non-hydrogen) atoms. The summed E-state index contributed by atoms with van der Waals surface area (Å²) in [6.07, 6.45) is 1.33. The minimum Gasteiger partial charge on any atom is -0.360 e. The lowest BCUT2D eigenvalue weighted by Crippen LogP contribution is -2.14. The number of thioether (sulfide) groups is 1. The van der Waals surface area contributed by atoms with Crippen LogP contribution in [-0.2, 0) is 4.79 Å². The third-order valence-electron chi connectivity index (χ3n) is 3.20. The van der Waals surface area contributed by atoms with E-state index in [0.717, 1.165) is 22.2 Å². The summed E-state index contributed by atoms with van der Waals surface area (Å²) in [5.41, 5.74) is 2.03. The average molecular weight is 369 g/mol. The number of hydrogen-bond donors (Lipinski definition) is 2. The number of thiocyanates is 1. The number of nitriles is 2. The Hall–Kier alpha value is -2.93. The maximum atomic E-state index is 12.2. The van der Waals surface area contributed by atoms with Gasteiger partial charge in [0, 0.05) is 27.5 Å². The van der Waals surface area contributed by atoms with Crippen LogP contribution >= 0.6 is 23.4 Å². The summed E-state index contributed by atoms with van der Waals surface area (Å²) >= 11 is 7.08. The molecule has 0 aliphatic heterocycles. The number of rotatable bonds is 5. The third kappa shape index (κ3) is 5.29. The molecule has 2 rings (SSSR count). The Bertz CT molecular complexity index is 895. The Morgan fingerprint density at radius 1 is 1.16 bits per heavy atom. The van der Waals surface area contributed by atoms with Crippen molar-refractivity contribution < 1.29 is 4.79 Å². The number of carbonyl (C=O) groups is 1. The van der Waals surface area contributed by atoms with Gasteiger partial charge in [0.1, 0.15) is 17.0 Å². The van der Waals surface area contributed by atoms with Crippen LogP contribution in [0.1, 0.15) is 5.56 Å². The van der Waals surface area contributed by atoms with Gasteiger partial charge in [-0.3, -0.25) is 4.79 Å². The van der Waals surface area contributed by atoms with Gasteiger partial charge in [-0.2, -0.15) is 10.5 Å². The number of aryl methyl sites for hydroxylation is 1. The van der Waals surface area contributed by atoms with Crippen molar-refractivity contribution in [1.82, 2.24) is 0 Å². The fourth-order valence-electron chi connectivity index (χ4n) is 1.85. The molecule has 0 aliphatic rings. The highest BCUT2D eigenvalue weighted by atomic mass is 35.5. The molecule has 0 aliphatic carbocycles. The molecular formula is C18H13ClN4OS. The van der Waals surface area contributed by atoms with E-state index in [1.165, 1.54) is 6.20 Å². The number of nitrogens with one attached hydrogen (secondary N) is 2. The first-order valence-corrected chi connectivity index (χ1v) is 8.33. The van der Waals surface area contributed by atoms with Crippen molar-refractivity contribution in [3.63, 3.8) is 0 Å². The van der Waals surface area contributed by atoms with E-state index in [0.29, 0.717) is 16.4 Å². The van der Waals surface area contributed by atoms with Gasteiger partial charge in [-0.1, -0.05) is 17.7 Å². The Balaban J connectivity index is 2.06. The lowest BCUT2D eigenvalue weighted by molar-refractivity contribution is -0.112. The van der Waals surface area contributed by atoms with Crippen LogP contribution < -0.4 is 10.6 Å². The second-order valence-corrected chi connectivity index (χ2v) is 6.22. The van der Waals surface area contributed by atoms with Crippen LogP contribution in [-0.4, -0.2) is 5.91 Å². The number of hydrogen-bond acceptors (Lipinski definition) is 5. The summed E-state index contributed by atoms with van der Waals surface area (Å²) < 4.78 is 0. The predicted octanol–water partition coefficient (Wildman–Crippen LogP) is 4.68. The maximum Gasteiger partial charge on any atom is 0.267 e. The number of carbonyl (C=O) groups excluding carboxylic acids is 1. The highest BCUT2D eigenvalue weighted by Crippen LogP contribution is 2.21. The molecule has 124 valence electrons. The van der Waals surface area contributed by atoms with Crippen LogP contribution in [0.3, 0.4) is 0 Å². The van der Waals surface area contributed by atoms with Gasteiger partial charge >= 0.3 is 0 Å². The van der Waals surface area contributed by atoms with Crippen molar-refractivity contribution in [2.45, 2.75) is 11.8 Å². The Kier molecular flexibility index (Phi) is 6.47. The molecule has 0 fully saturated rings. The lowest BCUT2D eigenvalue weighted by atomic mass is 10.2. The first-order chi connectivity index (χ1) is 12.0. The number of benzene rings is 2. The minimum absolute atomic E-state index is 0.0767. The molecule has 0 saturated carbocycles. The monoisotopic (exact) mass is 368 g/mol. The first kappa shape index (κ1) is 18.4. The molecule has 2 N–H and O–H groups in total. The molecule has 1 amide bonds. The molecule has 0 radical (unpaired) electrons. The van der Waals surface area contributed by atoms with Crippen molar-refractivity contribution in [3.05, 3.63) is 64.8 Å². The molecule has 0 bridgehead atoms. The van der Waals surface area contributed by atoms with Gasteiger partial charge in [0.05, 0.1) is 0 Å². The molecule has 0 heterocycles. The third-order valence-corrected chi connectivity index (χ3v) is 4.20. The van der Waals surface area contributed by atoms with Crippen molar-refractivity contribution >= 4 is 40.6 Å². The molecular weight excluding hydrogens is 356 g/mol. The minimum atomic E-state index is -0.536. The molecule has 0 spiro atoms. The zero-order valence-electron chi connectivity index (χ0n) is 13.2. The Morgan fingerprint density at radius 3 is 2.44 bits per heavy atom. The van der Waals surface area contributed by atoms with Crippen LogP contribution in [0.4, 0.5) is 11.4 Å². The predicted molar refractivity (Wildman–Crippen MR) is 100 cm³/mol. The van der Waals surface area contributed by atoms with E-state index in [-0.39, 0.29) is 5.57 Å². The van der Waals surface area contributed by atoms with E-state index in [9.17, 15) is 10.1 Å². The van der Waals surface area contributed by atoms with Crippen molar-refractivity contribution in [2.75, 3.05) is 10.6 Å². The summed E-state index contributed by atoms with van der Waals surface area (Å²) in [6, 6.07) is 14.0. The van der Waals surface area contributed by atoms with E-state index in [2.05, 4.69) is 10.6 Å². The van der Waals surface area contributed by atoms with Crippen molar-refractivity contribution in [2.24, 2.45) is 0 Å². The standard InChI is InChI=1S/C18H13ClN4OS/c1-12-2-3-15(8-17(12)19)23-18(24)13(9-20)10-22-14-4-6-16(7-5-14)25-11-21/h2-8,10,22H,1H3,(H,23,24)/b13-10-. The summed E-state index contributed by atoms with van der Waals surface area (Å²) in [5, 5.41) is 25.8. The second kappa shape index (κ2) is 8.79. The molecule has 2 aromatic carbocycles.